The van der Waals surface area contributed by atoms with E-state index in [1.165, 1.54) is 7.11 Å². The van der Waals surface area contributed by atoms with Gasteiger partial charge in [-0.2, -0.15) is 5.10 Å². The van der Waals surface area contributed by atoms with Gasteiger partial charge in [0.2, 0.25) is 5.69 Å². The number of benzene rings is 1. The number of esters is 1. The zero-order valence-electron chi connectivity index (χ0n) is 16.5. The normalized spacial score (nSPS) is 15.9. The molecule has 0 N–H and O–H groups in total. The van der Waals surface area contributed by atoms with E-state index in [9.17, 15) is 9.59 Å². The van der Waals surface area contributed by atoms with Crippen LogP contribution in [0.5, 0.6) is 5.75 Å². The van der Waals surface area contributed by atoms with Crippen LogP contribution in [-0.2, 0) is 9.53 Å². The highest BCUT2D eigenvalue weighted by atomic mass is 16.6. The lowest BCUT2D eigenvalue weighted by molar-refractivity contribution is -0.141. The molecule has 1 aromatic carbocycles. The molecule has 1 aliphatic heterocycles. The predicted octanol–water partition coefficient (Wildman–Crippen LogP) is 1.59. The van der Waals surface area contributed by atoms with Crippen LogP contribution in [0.4, 0.5) is 0 Å². The van der Waals surface area contributed by atoms with Crippen molar-refractivity contribution in [3.63, 3.8) is 0 Å². The summed E-state index contributed by atoms with van der Waals surface area (Å²) in [6.07, 6.45) is 0.731. The maximum atomic E-state index is 12.6. The lowest BCUT2D eigenvalue weighted by Gasteiger charge is -2.35. The van der Waals surface area contributed by atoms with Crippen molar-refractivity contribution in [2.45, 2.75) is 20.0 Å². The van der Waals surface area contributed by atoms with Crippen molar-refractivity contribution in [1.82, 2.24) is 19.6 Å². The molecule has 0 bridgehead atoms. The van der Waals surface area contributed by atoms with Crippen LogP contribution in [0.15, 0.2) is 36.5 Å². The minimum atomic E-state index is -0.882. The van der Waals surface area contributed by atoms with E-state index in [1.807, 2.05) is 30.3 Å². The third-order valence-corrected chi connectivity index (χ3v) is 4.88. The molecule has 0 spiro atoms. The smallest absolute Gasteiger partial charge is 0.363 e. The Labute approximate surface area is 164 Å². The van der Waals surface area contributed by atoms with Crippen LogP contribution in [0.1, 0.15) is 24.3 Å². The molecule has 1 amide bonds. The average molecular weight is 386 g/mol. The van der Waals surface area contributed by atoms with E-state index in [0.29, 0.717) is 18.8 Å². The Morgan fingerprint density at radius 2 is 1.82 bits per heavy atom. The molecular weight excluding hydrogens is 360 g/mol. The molecule has 1 aliphatic rings. The van der Waals surface area contributed by atoms with Crippen molar-refractivity contribution in [1.29, 1.82) is 0 Å². The van der Waals surface area contributed by atoms with Gasteiger partial charge in [0.25, 0.3) is 5.91 Å². The Hall–Kier alpha value is -2.87. The molecule has 150 valence electrons. The fourth-order valence-electron chi connectivity index (χ4n) is 3.17. The fourth-order valence-corrected chi connectivity index (χ4v) is 3.17. The second-order valence-corrected chi connectivity index (χ2v) is 6.63. The van der Waals surface area contributed by atoms with Gasteiger partial charge in [-0.15, -0.1) is 0 Å². The van der Waals surface area contributed by atoms with Gasteiger partial charge in [-0.05, 0) is 25.6 Å². The fraction of sp³-hybridized carbons (Fsp3) is 0.450. The number of nitrogens with zero attached hydrogens (tertiary/aromatic N) is 4. The number of para-hydroxylation sites is 1. The van der Waals surface area contributed by atoms with Gasteiger partial charge < -0.3 is 19.3 Å². The SMILES string of the molecule is CCN1CCN(C(=O)C(C)OC(=O)c2nn(-c3ccccc3)cc2OC)CC1. The summed E-state index contributed by atoms with van der Waals surface area (Å²) in [5, 5.41) is 4.28. The van der Waals surface area contributed by atoms with Gasteiger partial charge in [0, 0.05) is 26.2 Å². The number of hydrogen-bond acceptors (Lipinski definition) is 6. The summed E-state index contributed by atoms with van der Waals surface area (Å²) in [5.41, 5.74) is 0.833. The van der Waals surface area contributed by atoms with Crippen molar-refractivity contribution in [2.24, 2.45) is 0 Å². The van der Waals surface area contributed by atoms with Crippen LogP contribution >= 0.6 is 0 Å². The van der Waals surface area contributed by atoms with Crippen molar-refractivity contribution in [3.8, 4) is 11.4 Å². The summed E-state index contributed by atoms with van der Waals surface area (Å²) in [7, 11) is 1.46. The second kappa shape index (κ2) is 8.88. The minimum Gasteiger partial charge on any atom is -0.493 e. The highest BCUT2D eigenvalue weighted by Gasteiger charge is 2.29. The third-order valence-electron chi connectivity index (χ3n) is 4.88. The van der Waals surface area contributed by atoms with E-state index >= 15 is 0 Å². The Morgan fingerprint density at radius 1 is 1.14 bits per heavy atom. The number of hydrogen-bond donors (Lipinski definition) is 0. The van der Waals surface area contributed by atoms with Crippen molar-refractivity contribution < 1.29 is 19.1 Å². The van der Waals surface area contributed by atoms with E-state index in [2.05, 4.69) is 16.9 Å². The highest BCUT2D eigenvalue weighted by molar-refractivity contribution is 5.93. The molecule has 2 heterocycles. The highest BCUT2D eigenvalue weighted by Crippen LogP contribution is 2.21. The van der Waals surface area contributed by atoms with Crippen molar-refractivity contribution in [3.05, 3.63) is 42.2 Å². The molecule has 1 atom stereocenters. The van der Waals surface area contributed by atoms with Crippen LogP contribution < -0.4 is 4.74 Å². The summed E-state index contributed by atoms with van der Waals surface area (Å²) in [6, 6.07) is 9.38. The topological polar surface area (TPSA) is 76.9 Å². The molecular formula is C20H26N4O4. The number of carbonyl (C=O) groups is 2. The molecule has 0 saturated carbocycles. The Bertz CT molecular complexity index is 813. The van der Waals surface area contributed by atoms with Gasteiger partial charge in [0.05, 0.1) is 19.0 Å². The maximum Gasteiger partial charge on any atom is 0.363 e. The summed E-state index contributed by atoms with van der Waals surface area (Å²) < 4.78 is 12.2. The lowest BCUT2D eigenvalue weighted by Crippen LogP contribution is -2.51. The number of likely N-dealkylation sites (N-methyl/N-ethyl adjacent to an activating group) is 1. The van der Waals surface area contributed by atoms with Crippen LogP contribution in [0.2, 0.25) is 0 Å². The van der Waals surface area contributed by atoms with Crippen molar-refractivity contribution >= 4 is 11.9 Å². The first-order chi connectivity index (χ1) is 13.5. The van der Waals surface area contributed by atoms with E-state index in [4.69, 9.17) is 9.47 Å². The number of amides is 1. The number of rotatable bonds is 6. The largest absolute Gasteiger partial charge is 0.493 e. The van der Waals surface area contributed by atoms with Gasteiger partial charge in [0.1, 0.15) is 0 Å². The van der Waals surface area contributed by atoms with Crippen LogP contribution in [0.25, 0.3) is 5.69 Å². The molecule has 1 unspecified atom stereocenters. The number of methoxy groups -OCH3 is 1. The van der Waals surface area contributed by atoms with Crippen LogP contribution in [-0.4, -0.2) is 77.4 Å². The van der Waals surface area contributed by atoms with Crippen molar-refractivity contribution in [2.75, 3.05) is 39.8 Å². The average Bonchev–Trinajstić information content (AvgIpc) is 3.18. The zero-order valence-corrected chi connectivity index (χ0v) is 16.5. The molecule has 0 radical (unpaired) electrons. The van der Waals surface area contributed by atoms with E-state index < -0.39 is 12.1 Å². The molecule has 3 rings (SSSR count). The third kappa shape index (κ3) is 4.33. The molecule has 28 heavy (non-hydrogen) atoms. The van der Waals surface area contributed by atoms with Gasteiger partial charge >= 0.3 is 5.97 Å². The van der Waals surface area contributed by atoms with Gasteiger partial charge in [-0.1, -0.05) is 25.1 Å². The summed E-state index contributed by atoms with van der Waals surface area (Å²) >= 11 is 0. The summed E-state index contributed by atoms with van der Waals surface area (Å²) in [6.45, 7) is 7.60. The molecule has 8 heteroatoms. The second-order valence-electron chi connectivity index (χ2n) is 6.63. The van der Waals surface area contributed by atoms with Gasteiger partial charge in [0.15, 0.2) is 11.9 Å². The number of aromatic nitrogens is 2. The Balaban J connectivity index is 1.67. The van der Waals surface area contributed by atoms with E-state index in [0.717, 1.165) is 25.3 Å². The number of ether oxygens (including phenoxy) is 2. The Morgan fingerprint density at radius 3 is 2.43 bits per heavy atom. The first-order valence-electron chi connectivity index (χ1n) is 9.44. The summed E-state index contributed by atoms with van der Waals surface area (Å²) in [5.74, 6) is -0.574. The van der Waals surface area contributed by atoms with E-state index in [1.54, 1.807) is 22.7 Å². The first-order valence-corrected chi connectivity index (χ1v) is 9.44. The predicted molar refractivity (Wildman–Crippen MR) is 104 cm³/mol. The number of piperazine rings is 1. The number of carbonyl (C=O) groups excluding carboxylic acids is 2. The van der Waals surface area contributed by atoms with Crippen LogP contribution in [0.3, 0.4) is 0 Å². The first kappa shape index (κ1) is 19.9. The molecule has 1 fully saturated rings. The maximum absolute atomic E-state index is 12.6. The van der Waals surface area contributed by atoms with Crippen LogP contribution in [0, 0.1) is 0 Å². The van der Waals surface area contributed by atoms with Gasteiger partial charge in [-0.25, -0.2) is 9.48 Å². The standard InChI is InChI=1S/C20H26N4O4/c1-4-22-10-12-23(13-11-22)19(25)15(2)28-20(26)18-17(27-3)14-24(21-18)16-8-6-5-7-9-16/h5-9,14-15H,4,10-13H2,1-3H3. The molecule has 1 aromatic heterocycles. The summed E-state index contributed by atoms with van der Waals surface area (Å²) in [4.78, 5) is 29.2. The van der Waals surface area contributed by atoms with Gasteiger partial charge in [-0.3, -0.25) is 4.79 Å². The zero-order chi connectivity index (χ0) is 20.1. The lowest BCUT2D eigenvalue weighted by atomic mass is 10.2. The molecule has 8 nitrogen and oxygen atoms in total. The van der Waals surface area contributed by atoms with E-state index in [-0.39, 0.29) is 11.6 Å². The molecule has 1 saturated heterocycles. The molecule has 2 aromatic rings. The quantitative estimate of drug-likeness (QED) is 0.702. The monoisotopic (exact) mass is 386 g/mol. The Kier molecular flexibility index (Phi) is 6.30. The minimum absolute atomic E-state index is 0.0433. The molecule has 0 aliphatic carbocycles.